The number of benzene rings is 1. The van der Waals surface area contributed by atoms with E-state index < -0.39 is 12.0 Å². The smallest absolute Gasteiger partial charge is 0.325 e. The van der Waals surface area contributed by atoms with Crippen molar-refractivity contribution in [3.05, 3.63) is 28.6 Å². The van der Waals surface area contributed by atoms with Crippen molar-refractivity contribution in [1.82, 2.24) is 0 Å². The molecule has 0 aliphatic heterocycles. The SMILES string of the molecule is Cc1sc2ccc(O)cc2c1C(N)C(=O)O. The Balaban J connectivity index is 2.72. The largest absolute Gasteiger partial charge is 0.508 e. The Labute approximate surface area is 95.9 Å². The zero-order valence-electron chi connectivity index (χ0n) is 8.60. The van der Waals surface area contributed by atoms with E-state index in [0.29, 0.717) is 5.56 Å². The number of phenolic OH excluding ortho intramolecular Hbond substituents is 1. The first kappa shape index (κ1) is 10.9. The molecule has 0 aliphatic carbocycles. The first-order chi connectivity index (χ1) is 7.50. The van der Waals surface area contributed by atoms with Gasteiger partial charge in [0.15, 0.2) is 0 Å². The number of hydrogen-bond acceptors (Lipinski definition) is 4. The van der Waals surface area contributed by atoms with Crippen LogP contribution in [0.15, 0.2) is 18.2 Å². The molecule has 1 aromatic carbocycles. The summed E-state index contributed by atoms with van der Waals surface area (Å²) in [5.41, 5.74) is 6.21. The molecular weight excluding hydrogens is 226 g/mol. The molecule has 0 spiro atoms. The maximum Gasteiger partial charge on any atom is 0.325 e. The maximum absolute atomic E-state index is 10.9. The molecule has 1 atom stereocenters. The summed E-state index contributed by atoms with van der Waals surface area (Å²) in [6, 6.07) is 3.85. The number of aromatic hydroxyl groups is 1. The van der Waals surface area contributed by atoms with Crippen LogP contribution in [0.4, 0.5) is 0 Å². The van der Waals surface area contributed by atoms with Crippen LogP contribution in [0.5, 0.6) is 5.75 Å². The number of aliphatic carboxylic acids is 1. The van der Waals surface area contributed by atoms with Gasteiger partial charge in [-0.25, -0.2) is 0 Å². The van der Waals surface area contributed by atoms with Crippen molar-refractivity contribution in [2.24, 2.45) is 5.73 Å². The summed E-state index contributed by atoms with van der Waals surface area (Å²) >= 11 is 1.48. The van der Waals surface area contributed by atoms with Crippen LogP contribution in [-0.4, -0.2) is 16.2 Å². The molecule has 1 aromatic heterocycles. The number of phenols is 1. The second kappa shape index (κ2) is 3.77. The van der Waals surface area contributed by atoms with Crippen LogP contribution >= 0.6 is 11.3 Å². The number of carbonyl (C=O) groups is 1. The first-order valence-corrected chi connectivity index (χ1v) is 5.52. The third-order valence-electron chi connectivity index (χ3n) is 2.47. The van der Waals surface area contributed by atoms with E-state index in [2.05, 4.69) is 0 Å². The van der Waals surface area contributed by atoms with Crippen LogP contribution in [-0.2, 0) is 4.79 Å². The van der Waals surface area contributed by atoms with Crippen LogP contribution in [0.1, 0.15) is 16.5 Å². The molecule has 0 fully saturated rings. The number of carboxylic acid groups (broad SMARTS) is 1. The van der Waals surface area contributed by atoms with Crippen molar-refractivity contribution < 1.29 is 15.0 Å². The predicted molar refractivity (Wildman–Crippen MR) is 62.8 cm³/mol. The summed E-state index contributed by atoms with van der Waals surface area (Å²) in [5, 5.41) is 19.0. The quantitative estimate of drug-likeness (QED) is 0.746. The first-order valence-electron chi connectivity index (χ1n) is 4.71. The Hall–Kier alpha value is -1.59. The summed E-state index contributed by atoms with van der Waals surface area (Å²) in [5.74, 6) is -0.949. The second-order valence-electron chi connectivity index (χ2n) is 3.57. The molecule has 0 radical (unpaired) electrons. The normalized spacial score (nSPS) is 12.9. The van der Waals surface area contributed by atoms with Gasteiger partial charge in [-0.15, -0.1) is 11.3 Å². The van der Waals surface area contributed by atoms with Gasteiger partial charge in [0.1, 0.15) is 11.8 Å². The van der Waals surface area contributed by atoms with E-state index >= 15 is 0 Å². The Morgan fingerprint density at radius 1 is 1.50 bits per heavy atom. The molecule has 2 aromatic rings. The molecule has 5 heteroatoms. The second-order valence-corrected chi connectivity index (χ2v) is 4.82. The lowest BCUT2D eigenvalue weighted by atomic mass is 10.0. The van der Waals surface area contributed by atoms with E-state index in [-0.39, 0.29) is 5.75 Å². The minimum Gasteiger partial charge on any atom is -0.508 e. The third-order valence-corrected chi connectivity index (χ3v) is 3.57. The van der Waals surface area contributed by atoms with Gasteiger partial charge < -0.3 is 15.9 Å². The van der Waals surface area contributed by atoms with E-state index in [1.807, 2.05) is 6.92 Å². The van der Waals surface area contributed by atoms with Crippen LogP contribution in [0.3, 0.4) is 0 Å². The van der Waals surface area contributed by atoms with Gasteiger partial charge in [-0.2, -0.15) is 0 Å². The average molecular weight is 237 g/mol. The predicted octanol–water partition coefficient (Wildman–Crippen LogP) is 2.00. The molecule has 0 saturated heterocycles. The fraction of sp³-hybridized carbons (Fsp3) is 0.182. The Morgan fingerprint density at radius 2 is 2.19 bits per heavy atom. The Morgan fingerprint density at radius 3 is 2.81 bits per heavy atom. The molecule has 4 N–H and O–H groups in total. The molecular formula is C11H11NO3S. The Bertz CT molecular complexity index is 562. The fourth-order valence-corrected chi connectivity index (χ4v) is 2.83. The molecule has 0 amide bonds. The molecule has 1 unspecified atom stereocenters. The molecule has 16 heavy (non-hydrogen) atoms. The lowest BCUT2D eigenvalue weighted by molar-refractivity contribution is -0.138. The van der Waals surface area contributed by atoms with Crippen molar-refractivity contribution in [2.75, 3.05) is 0 Å². The van der Waals surface area contributed by atoms with Gasteiger partial charge in [0.05, 0.1) is 0 Å². The number of thiophene rings is 1. The summed E-state index contributed by atoms with van der Waals surface area (Å²) < 4.78 is 0.932. The zero-order valence-corrected chi connectivity index (χ0v) is 9.41. The minimum atomic E-state index is -1.06. The van der Waals surface area contributed by atoms with Crippen molar-refractivity contribution in [1.29, 1.82) is 0 Å². The van der Waals surface area contributed by atoms with E-state index in [1.165, 1.54) is 11.3 Å². The van der Waals surface area contributed by atoms with E-state index in [4.69, 9.17) is 10.8 Å². The molecule has 0 saturated carbocycles. The molecule has 0 bridgehead atoms. The fourth-order valence-electron chi connectivity index (χ4n) is 1.74. The summed E-state index contributed by atoms with van der Waals surface area (Å²) in [4.78, 5) is 11.8. The van der Waals surface area contributed by atoms with E-state index in [9.17, 15) is 9.90 Å². The van der Waals surface area contributed by atoms with E-state index in [1.54, 1.807) is 18.2 Å². The standard InChI is InChI=1S/C11H11NO3S/c1-5-9(10(12)11(14)15)7-4-6(13)2-3-8(7)16-5/h2-4,10,13H,12H2,1H3,(H,14,15). The van der Waals surface area contributed by atoms with Crippen molar-refractivity contribution >= 4 is 27.4 Å². The van der Waals surface area contributed by atoms with Gasteiger partial charge in [0.25, 0.3) is 0 Å². The maximum atomic E-state index is 10.9. The Kier molecular flexibility index (Phi) is 2.57. The van der Waals surface area contributed by atoms with Crippen molar-refractivity contribution in [2.45, 2.75) is 13.0 Å². The van der Waals surface area contributed by atoms with Gasteiger partial charge in [-0.05, 0) is 25.1 Å². The number of hydrogen-bond donors (Lipinski definition) is 3. The average Bonchev–Trinajstić information content (AvgIpc) is 2.52. The highest BCUT2D eigenvalue weighted by atomic mass is 32.1. The molecule has 0 aliphatic rings. The molecule has 1 heterocycles. The minimum absolute atomic E-state index is 0.115. The van der Waals surface area contributed by atoms with Gasteiger partial charge in [-0.1, -0.05) is 0 Å². The number of rotatable bonds is 2. The van der Waals surface area contributed by atoms with Crippen molar-refractivity contribution in [3.63, 3.8) is 0 Å². The highest BCUT2D eigenvalue weighted by molar-refractivity contribution is 7.19. The molecule has 4 nitrogen and oxygen atoms in total. The van der Waals surface area contributed by atoms with E-state index in [0.717, 1.165) is 15.0 Å². The van der Waals surface area contributed by atoms with Gasteiger partial charge in [0, 0.05) is 20.5 Å². The lowest BCUT2D eigenvalue weighted by Gasteiger charge is -2.06. The summed E-state index contributed by atoms with van der Waals surface area (Å²) in [6.45, 7) is 1.83. The number of carboxylic acids is 1. The molecule has 2 rings (SSSR count). The van der Waals surface area contributed by atoms with Crippen molar-refractivity contribution in [3.8, 4) is 5.75 Å². The number of fused-ring (bicyclic) bond motifs is 1. The lowest BCUT2D eigenvalue weighted by Crippen LogP contribution is -2.20. The van der Waals surface area contributed by atoms with Crippen LogP contribution < -0.4 is 5.73 Å². The monoisotopic (exact) mass is 237 g/mol. The van der Waals surface area contributed by atoms with Crippen LogP contribution in [0, 0.1) is 6.92 Å². The van der Waals surface area contributed by atoms with Gasteiger partial charge in [-0.3, -0.25) is 4.79 Å². The molecule has 84 valence electrons. The van der Waals surface area contributed by atoms with Gasteiger partial charge in [0.2, 0.25) is 0 Å². The summed E-state index contributed by atoms with van der Waals surface area (Å²) in [6.07, 6.45) is 0. The number of aryl methyl sites for hydroxylation is 1. The van der Waals surface area contributed by atoms with Gasteiger partial charge >= 0.3 is 5.97 Å². The van der Waals surface area contributed by atoms with Crippen LogP contribution in [0.25, 0.3) is 10.1 Å². The zero-order chi connectivity index (χ0) is 11.9. The highest BCUT2D eigenvalue weighted by Crippen LogP contribution is 2.35. The highest BCUT2D eigenvalue weighted by Gasteiger charge is 2.21. The number of nitrogens with two attached hydrogens (primary N) is 1. The topological polar surface area (TPSA) is 83.5 Å². The summed E-state index contributed by atoms with van der Waals surface area (Å²) in [7, 11) is 0. The third kappa shape index (κ3) is 1.64. The van der Waals surface area contributed by atoms with Crippen LogP contribution in [0.2, 0.25) is 0 Å².